The molecule has 0 spiro atoms. The summed E-state index contributed by atoms with van der Waals surface area (Å²) in [5, 5.41) is 14.3. The van der Waals surface area contributed by atoms with Crippen LogP contribution in [0.5, 0.6) is 0 Å². The number of benzene rings is 1. The van der Waals surface area contributed by atoms with Gasteiger partial charge in [0.25, 0.3) is 0 Å². The Bertz CT molecular complexity index is 1120. The van der Waals surface area contributed by atoms with E-state index in [-0.39, 0.29) is 0 Å². The molecule has 0 N–H and O–H groups in total. The second-order valence-corrected chi connectivity index (χ2v) is 7.88. The minimum atomic E-state index is 0.451. The lowest BCUT2D eigenvalue weighted by Crippen LogP contribution is -2.00. The van der Waals surface area contributed by atoms with Crippen molar-refractivity contribution in [3.8, 4) is 17.1 Å². The van der Waals surface area contributed by atoms with Crippen LogP contribution in [0.25, 0.3) is 17.1 Å². The number of halogens is 2. The highest BCUT2D eigenvalue weighted by molar-refractivity contribution is 7.98. The normalized spacial score (nSPS) is 11.1. The Kier molecular flexibility index (Phi) is 6.13. The third-order valence-corrected chi connectivity index (χ3v) is 5.68. The van der Waals surface area contributed by atoms with E-state index in [0.717, 1.165) is 24.1 Å². The van der Waals surface area contributed by atoms with E-state index in [1.54, 1.807) is 24.5 Å². The van der Waals surface area contributed by atoms with Crippen molar-refractivity contribution in [2.75, 3.05) is 0 Å². The standard InChI is InChI=1S/C19H16Cl2N6OS/c1-2-4-16-23-17(28-26-16)11-29-19-25-24-18(12-5-3-8-22-10-12)27(19)13-6-7-14(20)15(21)9-13/h3,5-10H,2,4,11H2,1H3. The van der Waals surface area contributed by atoms with Gasteiger partial charge in [0.2, 0.25) is 5.89 Å². The van der Waals surface area contributed by atoms with Crippen molar-refractivity contribution in [3.05, 3.63) is 64.5 Å². The Balaban J connectivity index is 1.69. The third kappa shape index (κ3) is 4.44. The molecule has 0 radical (unpaired) electrons. The molecule has 4 rings (SSSR count). The third-order valence-electron chi connectivity index (χ3n) is 4.02. The van der Waals surface area contributed by atoms with Gasteiger partial charge < -0.3 is 4.52 Å². The zero-order valence-electron chi connectivity index (χ0n) is 15.4. The molecule has 0 fully saturated rings. The van der Waals surface area contributed by atoms with Gasteiger partial charge in [-0.05, 0) is 36.8 Å². The van der Waals surface area contributed by atoms with Crippen LogP contribution in [0.4, 0.5) is 0 Å². The van der Waals surface area contributed by atoms with Crippen molar-refractivity contribution in [3.63, 3.8) is 0 Å². The van der Waals surface area contributed by atoms with Gasteiger partial charge >= 0.3 is 0 Å². The summed E-state index contributed by atoms with van der Waals surface area (Å²) in [4.78, 5) is 8.59. The molecule has 10 heteroatoms. The lowest BCUT2D eigenvalue weighted by atomic mass is 10.2. The van der Waals surface area contributed by atoms with Gasteiger partial charge in [-0.3, -0.25) is 9.55 Å². The molecule has 0 saturated heterocycles. The van der Waals surface area contributed by atoms with E-state index in [1.807, 2.05) is 22.8 Å². The number of rotatable bonds is 7. The number of pyridine rings is 1. The molecule has 29 heavy (non-hydrogen) atoms. The molecule has 0 aliphatic rings. The molecule has 0 bridgehead atoms. The quantitative estimate of drug-likeness (QED) is 0.357. The predicted molar refractivity (Wildman–Crippen MR) is 112 cm³/mol. The van der Waals surface area contributed by atoms with Gasteiger partial charge in [0, 0.05) is 24.4 Å². The first kappa shape index (κ1) is 19.9. The molecule has 4 aromatic rings. The molecule has 0 aliphatic carbocycles. The first-order valence-electron chi connectivity index (χ1n) is 8.91. The topological polar surface area (TPSA) is 82.5 Å². The zero-order chi connectivity index (χ0) is 20.2. The molecule has 148 valence electrons. The highest BCUT2D eigenvalue weighted by Crippen LogP contribution is 2.32. The molecular formula is C19H16Cl2N6OS. The van der Waals surface area contributed by atoms with Crippen molar-refractivity contribution in [2.24, 2.45) is 0 Å². The Morgan fingerprint density at radius 1 is 1.14 bits per heavy atom. The first-order valence-corrected chi connectivity index (χ1v) is 10.7. The lowest BCUT2D eigenvalue weighted by molar-refractivity contribution is 0.384. The molecule has 3 heterocycles. The van der Waals surface area contributed by atoms with Crippen molar-refractivity contribution >= 4 is 35.0 Å². The van der Waals surface area contributed by atoms with Gasteiger partial charge in [0.15, 0.2) is 16.8 Å². The zero-order valence-corrected chi connectivity index (χ0v) is 17.7. The molecule has 0 aliphatic heterocycles. The fourth-order valence-electron chi connectivity index (χ4n) is 2.70. The number of hydrogen-bond acceptors (Lipinski definition) is 7. The maximum absolute atomic E-state index is 6.25. The summed E-state index contributed by atoms with van der Waals surface area (Å²) >= 11 is 13.8. The average Bonchev–Trinajstić information content (AvgIpc) is 3.36. The Labute approximate surface area is 181 Å². The number of thioether (sulfide) groups is 1. The molecule has 1 aromatic carbocycles. The van der Waals surface area contributed by atoms with Crippen LogP contribution in [0.2, 0.25) is 10.0 Å². The van der Waals surface area contributed by atoms with Crippen LogP contribution in [-0.2, 0) is 12.2 Å². The summed E-state index contributed by atoms with van der Waals surface area (Å²) < 4.78 is 7.23. The fraction of sp³-hybridized carbons (Fsp3) is 0.211. The van der Waals surface area contributed by atoms with Crippen molar-refractivity contribution in [2.45, 2.75) is 30.7 Å². The number of hydrogen-bond donors (Lipinski definition) is 0. The second kappa shape index (κ2) is 8.94. The molecule has 0 amide bonds. The SMILES string of the molecule is CCCc1noc(CSc2nnc(-c3cccnc3)n2-c2ccc(Cl)c(Cl)c2)n1. The van der Waals surface area contributed by atoms with Crippen LogP contribution in [0.3, 0.4) is 0 Å². The number of nitrogens with zero attached hydrogens (tertiary/aromatic N) is 6. The van der Waals surface area contributed by atoms with Crippen molar-refractivity contribution < 1.29 is 4.52 Å². The van der Waals surface area contributed by atoms with Gasteiger partial charge in [0.05, 0.1) is 21.5 Å². The highest BCUT2D eigenvalue weighted by Gasteiger charge is 2.18. The van der Waals surface area contributed by atoms with Gasteiger partial charge in [-0.25, -0.2) is 0 Å². The molecule has 7 nitrogen and oxygen atoms in total. The van der Waals surface area contributed by atoms with E-state index in [9.17, 15) is 0 Å². The molecular weight excluding hydrogens is 431 g/mol. The summed E-state index contributed by atoms with van der Waals surface area (Å²) in [5.74, 6) is 2.38. The predicted octanol–water partition coefficient (Wildman–Crippen LogP) is 5.26. The summed E-state index contributed by atoms with van der Waals surface area (Å²) in [7, 11) is 0. The van der Waals surface area contributed by atoms with E-state index in [0.29, 0.717) is 38.5 Å². The van der Waals surface area contributed by atoms with Crippen LogP contribution in [0, 0.1) is 0 Å². The van der Waals surface area contributed by atoms with Gasteiger partial charge in [0.1, 0.15) is 0 Å². The minimum absolute atomic E-state index is 0.451. The molecule has 0 saturated carbocycles. The summed E-state index contributed by atoms with van der Waals surface area (Å²) in [5.41, 5.74) is 1.63. The van der Waals surface area contributed by atoms with E-state index >= 15 is 0 Å². The minimum Gasteiger partial charge on any atom is -0.338 e. The first-order chi connectivity index (χ1) is 14.2. The monoisotopic (exact) mass is 446 g/mol. The van der Waals surface area contributed by atoms with Gasteiger partial charge in [-0.2, -0.15) is 4.98 Å². The molecule has 3 aromatic heterocycles. The van der Waals surface area contributed by atoms with E-state index in [2.05, 4.69) is 32.2 Å². The smallest absolute Gasteiger partial charge is 0.237 e. The molecule has 0 unspecified atom stereocenters. The van der Waals surface area contributed by atoms with Gasteiger partial charge in [-0.15, -0.1) is 10.2 Å². The Morgan fingerprint density at radius 2 is 2.03 bits per heavy atom. The van der Waals surface area contributed by atoms with Crippen LogP contribution >= 0.6 is 35.0 Å². The highest BCUT2D eigenvalue weighted by atomic mass is 35.5. The van der Waals surface area contributed by atoms with Crippen molar-refractivity contribution in [1.29, 1.82) is 0 Å². The number of aryl methyl sites for hydroxylation is 1. The summed E-state index contributed by atoms with van der Waals surface area (Å²) in [6.07, 6.45) is 5.20. The Hall–Kier alpha value is -2.42. The summed E-state index contributed by atoms with van der Waals surface area (Å²) in [6, 6.07) is 9.17. The number of aromatic nitrogens is 6. The maximum atomic E-state index is 6.25. The van der Waals surface area contributed by atoms with Crippen LogP contribution in [0.1, 0.15) is 25.1 Å². The maximum Gasteiger partial charge on any atom is 0.237 e. The van der Waals surface area contributed by atoms with Crippen LogP contribution in [0.15, 0.2) is 52.4 Å². The van der Waals surface area contributed by atoms with E-state index < -0.39 is 0 Å². The largest absolute Gasteiger partial charge is 0.338 e. The fourth-order valence-corrected chi connectivity index (χ4v) is 3.78. The summed E-state index contributed by atoms with van der Waals surface area (Å²) in [6.45, 7) is 2.07. The second-order valence-electron chi connectivity index (χ2n) is 6.12. The van der Waals surface area contributed by atoms with Gasteiger partial charge in [-0.1, -0.05) is 47.0 Å². The molecule has 0 atom stereocenters. The van der Waals surface area contributed by atoms with Crippen molar-refractivity contribution in [1.82, 2.24) is 29.9 Å². The average molecular weight is 447 g/mol. The Morgan fingerprint density at radius 3 is 2.79 bits per heavy atom. The van der Waals surface area contributed by atoms with Crippen LogP contribution < -0.4 is 0 Å². The van der Waals surface area contributed by atoms with E-state index in [1.165, 1.54) is 11.8 Å². The lowest BCUT2D eigenvalue weighted by Gasteiger charge is -2.10. The van der Waals surface area contributed by atoms with Crippen LogP contribution in [-0.4, -0.2) is 29.9 Å². The van der Waals surface area contributed by atoms with E-state index in [4.69, 9.17) is 27.7 Å².